The molecule has 0 bridgehead atoms. The van der Waals surface area contributed by atoms with Gasteiger partial charge in [-0.2, -0.15) is 0 Å². The summed E-state index contributed by atoms with van der Waals surface area (Å²) in [5.41, 5.74) is 9.55. The van der Waals surface area contributed by atoms with Crippen molar-refractivity contribution in [3.05, 3.63) is 99.8 Å². The van der Waals surface area contributed by atoms with E-state index in [1.54, 1.807) is 52.7 Å². The summed E-state index contributed by atoms with van der Waals surface area (Å²) in [4.78, 5) is 72.6. The van der Waals surface area contributed by atoms with E-state index in [0.29, 0.717) is 38.2 Å². The van der Waals surface area contributed by atoms with E-state index in [4.69, 9.17) is 5.73 Å². The molecule has 4 aromatic heterocycles. The number of amides is 4. The molecule has 0 saturated carbocycles. The summed E-state index contributed by atoms with van der Waals surface area (Å²) in [6.07, 6.45) is 3.80. The molecule has 0 atom stereocenters. The zero-order valence-corrected chi connectivity index (χ0v) is 34.2. The van der Waals surface area contributed by atoms with E-state index >= 15 is 0 Å². The maximum absolute atomic E-state index is 12.5. The summed E-state index contributed by atoms with van der Waals surface area (Å²) in [7, 11) is 6.19. The lowest BCUT2D eigenvalue weighted by Gasteiger charge is -2.06. The Morgan fingerprint density at radius 1 is 0.632 bits per heavy atom. The molecule has 15 nitrogen and oxygen atoms in total. The standard InChI is InChI=1S/C20H21N3O4S.C19H20N4O4S.ClH/c1-12-8-15(23(2)11-12)19(25)22-14-4-5-16-13(9-14)10-17(28-16)20(26)21-7-6-18(24)27-3;1-23-10-12(20)9-14(23)18(25)22-13-3-4-15-11(7-13)8-16(28-15)19(26)21-6-5-17(24)27-2;/h4-5,8-11H,6-7H2,1-3H3,(H,21,26)(H,22,25);3-4,7-10H,5-6,20H2,1-2H3,(H,21,26)(H,22,25);1H. The number of methoxy groups -OCH3 is 2. The van der Waals surface area contributed by atoms with E-state index in [9.17, 15) is 28.8 Å². The molecule has 4 amide bonds. The number of nitrogens with two attached hydrogens (primary N) is 1. The number of hydrogen-bond donors (Lipinski definition) is 5. The fourth-order valence-corrected chi connectivity index (χ4v) is 7.48. The Morgan fingerprint density at radius 2 is 1.07 bits per heavy atom. The third kappa shape index (κ3) is 11.4. The topological polar surface area (TPSA) is 205 Å². The Labute approximate surface area is 341 Å². The summed E-state index contributed by atoms with van der Waals surface area (Å²) in [5.74, 6) is -1.70. The molecular formula is C39H42ClN7O8S2. The molecule has 300 valence electrons. The van der Waals surface area contributed by atoms with Crippen molar-refractivity contribution in [3.8, 4) is 0 Å². The van der Waals surface area contributed by atoms with Gasteiger partial charge in [-0.3, -0.25) is 28.8 Å². The highest BCUT2D eigenvalue weighted by molar-refractivity contribution is 7.21. The van der Waals surface area contributed by atoms with Crippen LogP contribution < -0.4 is 27.0 Å². The Morgan fingerprint density at radius 3 is 1.46 bits per heavy atom. The van der Waals surface area contributed by atoms with Gasteiger partial charge in [0.2, 0.25) is 0 Å². The highest BCUT2D eigenvalue weighted by Crippen LogP contribution is 2.30. The number of ether oxygens (including phenoxy) is 2. The number of carbonyl (C=O) groups is 6. The summed E-state index contributed by atoms with van der Waals surface area (Å²) in [6, 6.07) is 17.9. The van der Waals surface area contributed by atoms with E-state index in [1.807, 2.05) is 50.5 Å². The minimum absolute atomic E-state index is 0. The number of thiophene rings is 2. The summed E-state index contributed by atoms with van der Waals surface area (Å²) >= 11 is 2.69. The summed E-state index contributed by atoms with van der Waals surface area (Å²) in [6.45, 7) is 2.37. The second kappa shape index (κ2) is 19.6. The van der Waals surface area contributed by atoms with Crippen LogP contribution in [0.1, 0.15) is 58.7 Å². The van der Waals surface area contributed by atoms with Gasteiger partial charge in [-0.15, -0.1) is 35.1 Å². The zero-order valence-electron chi connectivity index (χ0n) is 31.7. The van der Waals surface area contributed by atoms with Crippen LogP contribution in [0.2, 0.25) is 0 Å². The van der Waals surface area contributed by atoms with Crippen molar-refractivity contribution in [2.75, 3.05) is 43.7 Å². The van der Waals surface area contributed by atoms with E-state index < -0.39 is 0 Å². The van der Waals surface area contributed by atoms with Crippen LogP contribution in [0.25, 0.3) is 20.2 Å². The van der Waals surface area contributed by atoms with E-state index in [0.717, 1.165) is 25.7 Å². The van der Waals surface area contributed by atoms with Crippen LogP contribution in [0.4, 0.5) is 17.1 Å². The van der Waals surface area contributed by atoms with Gasteiger partial charge in [0.25, 0.3) is 23.6 Å². The van der Waals surface area contributed by atoms with E-state index in [2.05, 4.69) is 30.7 Å². The lowest BCUT2D eigenvalue weighted by Crippen LogP contribution is -2.25. The molecule has 6 N–H and O–H groups in total. The average Bonchev–Trinajstić information content (AvgIpc) is 3.95. The molecule has 18 heteroatoms. The number of nitrogens with one attached hydrogen (secondary N) is 4. The number of halogens is 1. The maximum Gasteiger partial charge on any atom is 0.307 e. The van der Waals surface area contributed by atoms with Crippen LogP contribution in [0, 0.1) is 6.92 Å². The van der Waals surface area contributed by atoms with Gasteiger partial charge in [-0.05, 0) is 83.9 Å². The van der Waals surface area contributed by atoms with E-state index in [1.165, 1.54) is 36.9 Å². The normalized spacial score (nSPS) is 10.5. The van der Waals surface area contributed by atoms with Gasteiger partial charge in [-0.1, -0.05) is 0 Å². The summed E-state index contributed by atoms with van der Waals surface area (Å²) in [5, 5.41) is 12.8. The number of aryl methyl sites for hydroxylation is 3. The van der Waals surface area contributed by atoms with Crippen molar-refractivity contribution in [2.24, 2.45) is 14.1 Å². The number of rotatable bonds is 12. The van der Waals surface area contributed by atoms with E-state index in [-0.39, 0.29) is 73.9 Å². The van der Waals surface area contributed by atoms with Crippen molar-refractivity contribution in [1.82, 2.24) is 19.8 Å². The van der Waals surface area contributed by atoms with Crippen molar-refractivity contribution in [2.45, 2.75) is 19.8 Å². The van der Waals surface area contributed by atoms with Crippen LogP contribution >= 0.6 is 35.1 Å². The third-order valence-electron chi connectivity index (χ3n) is 8.31. The SMILES string of the molecule is COC(=O)CCNC(=O)c1cc2cc(NC(=O)c3cc(C)cn3C)ccc2s1.COC(=O)CCNC(=O)c1cc2cc(NC(=O)c3cc(N)cn3C)ccc2s1.Cl. The van der Waals surface area contributed by atoms with Crippen LogP contribution in [0.3, 0.4) is 0 Å². The molecule has 0 spiro atoms. The number of aromatic nitrogens is 2. The lowest BCUT2D eigenvalue weighted by molar-refractivity contribution is -0.141. The van der Waals surface area contributed by atoms with Gasteiger partial charge in [-0.25, -0.2) is 0 Å². The van der Waals surface area contributed by atoms with Crippen LogP contribution in [-0.2, 0) is 33.2 Å². The molecule has 4 heterocycles. The largest absolute Gasteiger partial charge is 0.469 e. The van der Waals surface area contributed by atoms with Crippen LogP contribution in [0.15, 0.2) is 73.1 Å². The molecular weight excluding hydrogens is 794 g/mol. The van der Waals surface area contributed by atoms with Gasteiger partial charge in [0, 0.05) is 60.4 Å². The maximum atomic E-state index is 12.5. The Kier molecular flexibility index (Phi) is 15.0. The highest BCUT2D eigenvalue weighted by atomic mass is 35.5. The second-order valence-electron chi connectivity index (χ2n) is 12.6. The Hall–Kier alpha value is -6.17. The van der Waals surface area contributed by atoms with Crippen molar-refractivity contribution in [3.63, 3.8) is 0 Å². The number of esters is 2. The Balaban J connectivity index is 0.000000248. The lowest BCUT2D eigenvalue weighted by atomic mass is 10.2. The van der Waals surface area contributed by atoms with Gasteiger partial charge in [0.15, 0.2) is 0 Å². The first-order valence-corrected chi connectivity index (χ1v) is 18.8. The molecule has 0 fully saturated rings. The highest BCUT2D eigenvalue weighted by Gasteiger charge is 2.16. The molecule has 0 aliphatic heterocycles. The van der Waals surface area contributed by atoms with Gasteiger partial charge in [0.05, 0.1) is 42.5 Å². The predicted octanol–water partition coefficient (Wildman–Crippen LogP) is 5.88. The van der Waals surface area contributed by atoms with Crippen LogP contribution in [-0.4, -0.2) is 72.0 Å². The van der Waals surface area contributed by atoms with Crippen molar-refractivity contribution in [1.29, 1.82) is 0 Å². The molecule has 0 aliphatic rings. The van der Waals surface area contributed by atoms with Gasteiger partial charge >= 0.3 is 11.9 Å². The zero-order chi connectivity index (χ0) is 40.5. The van der Waals surface area contributed by atoms with Crippen molar-refractivity contribution < 1.29 is 38.2 Å². The number of anilines is 3. The number of benzene rings is 2. The van der Waals surface area contributed by atoms with Gasteiger partial charge in [0.1, 0.15) is 11.4 Å². The average molecular weight is 836 g/mol. The smallest absolute Gasteiger partial charge is 0.307 e. The first kappa shape index (κ1) is 43.6. The summed E-state index contributed by atoms with van der Waals surface area (Å²) < 4.78 is 14.4. The Bertz CT molecular complexity index is 2280. The molecule has 6 aromatic rings. The fourth-order valence-electron chi connectivity index (χ4n) is 5.56. The second-order valence-corrected chi connectivity index (χ2v) is 14.7. The first-order valence-electron chi connectivity index (χ1n) is 17.2. The van der Waals surface area contributed by atoms with Gasteiger partial charge < -0.3 is 45.6 Å². The molecule has 2 aromatic carbocycles. The monoisotopic (exact) mass is 835 g/mol. The first-order chi connectivity index (χ1) is 26.7. The minimum Gasteiger partial charge on any atom is -0.469 e. The minimum atomic E-state index is -0.378. The molecule has 0 saturated heterocycles. The van der Waals surface area contributed by atoms with Crippen LogP contribution in [0.5, 0.6) is 0 Å². The molecule has 0 unspecified atom stereocenters. The number of fused-ring (bicyclic) bond motifs is 2. The quantitative estimate of drug-likeness (QED) is 0.0933. The molecule has 6 rings (SSSR count). The predicted molar refractivity (Wildman–Crippen MR) is 225 cm³/mol. The number of carbonyl (C=O) groups excluding carboxylic acids is 6. The fraction of sp³-hybridized carbons (Fsp3) is 0.231. The molecule has 57 heavy (non-hydrogen) atoms. The molecule has 0 aliphatic carbocycles. The number of nitrogen functional groups attached to an aromatic ring is 1. The van der Waals surface area contributed by atoms with Crippen molar-refractivity contribution >= 4 is 108 Å². The third-order valence-corrected chi connectivity index (χ3v) is 10.5. The number of hydrogen-bond acceptors (Lipinski definition) is 11. The molecule has 0 radical (unpaired) electrons. The number of nitrogens with zero attached hydrogens (tertiary/aromatic N) is 2.